The first-order valence-electron chi connectivity index (χ1n) is 7.31. The summed E-state index contributed by atoms with van der Waals surface area (Å²) in [5, 5.41) is 2.42. The van der Waals surface area contributed by atoms with Gasteiger partial charge in [-0.05, 0) is 32.5 Å². The summed E-state index contributed by atoms with van der Waals surface area (Å²) in [5.41, 5.74) is 1.15. The number of para-hydroxylation sites is 1. The predicted molar refractivity (Wildman–Crippen MR) is 83.1 cm³/mol. The number of nitrogens with one attached hydrogen (secondary N) is 1. The van der Waals surface area contributed by atoms with Crippen molar-refractivity contribution in [3.8, 4) is 0 Å². The zero-order chi connectivity index (χ0) is 15.4. The van der Waals surface area contributed by atoms with E-state index in [0.29, 0.717) is 12.8 Å². The van der Waals surface area contributed by atoms with E-state index in [0.717, 1.165) is 12.2 Å². The number of nitrogens with zero attached hydrogens (tertiary/aromatic N) is 2. The van der Waals surface area contributed by atoms with Crippen LogP contribution < -0.4 is 10.2 Å². The maximum Gasteiger partial charge on any atom is 0.243 e. The van der Waals surface area contributed by atoms with E-state index in [2.05, 4.69) is 34.2 Å². The Morgan fingerprint density at radius 2 is 1.90 bits per heavy atom. The van der Waals surface area contributed by atoms with E-state index in [4.69, 9.17) is 0 Å². The topological polar surface area (TPSA) is 52.6 Å². The molecule has 1 N–H and O–H groups in total. The summed E-state index contributed by atoms with van der Waals surface area (Å²) in [7, 11) is 3.99. The van der Waals surface area contributed by atoms with Crippen molar-refractivity contribution in [2.24, 2.45) is 0 Å². The van der Waals surface area contributed by atoms with Crippen LogP contribution in [0.3, 0.4) is 0 Å². The maximum atomic E-state index is 11.9. The minimum absolute atomic E-state index is 0.168. The average Bonchev–Trinajstić information content (AvgIpc) is 2.47. The van der Waals surface area contributed by atoms with Gasteiger partial charge in [-0.1, -0.05) is 18.2 Å². The molecule has 0 bridgehead atoms. The van der Waals surface area contributed by atoms with Crippen LogP contribution in [0.15, 0.2) is 30.3 Å². The van der Waals surface area contributed by atoms with Crippen molar-refractivity contribution in [3.05, 3.63) is 30.3 Å². The largest absolute Gasteiger partial charge is 0.373 e. The standard InChI is InChI=1S/C16H23N3O2/c1-12(11-18(2)13-7-5-4-6-8-13)19(3)14-9-10-15(20)17-16(14)21/h4-8,12,14H,9-11H2,1-3H3,(H,17,20,21). The van der Waals surface area contributed by atoms with Crippen LogP contribution in [0.25, 0.3) is 0 Å². The number of carbonyl (C=O) groups excluding carboxylic acids is 2. The second-order valence-electron chi connectivity index (χ2n) is 5.70. The molecule has 1 aromatic carbocycles. The van der Waals surface area contributed by atoms with E-state index >= 15 is 0 Å². The van der Waals surface area contributed by atoms with Crippen molar-refractivity contribution in [2.45, 2.75) is 31.8 Å². The molecule has 0 spiro atoms. The first-order chi connectivity index (χ1) is 9.99. The number of hydrogen-bond donors (Lipinski definition) is 1. The molecule has 2 rings (SSSR count). The third-order valence-corrected chi connectivity index (χ3v) is 4.13. The minimum atomic E-state index is -0.220. The highest BCUT2D eigenvalue weighted by Crippen LogP contribution is 2.16. The predicted octanol–water partition coefficient (Wildman–Crippen LogP) is 1.25. The van der Waals surface area contributed by atoms with E-state index in [1.54, 1.807) is 0 Å². The number of likely N-dealkylation sites (N-methyl/N-ethyl adjacent to an activating group) is 2. The van der Waals surface area contributed by atoms with Crippen LogP contribution in [0.2, 0.25) is 0 Å². The molecule has 2 atom stereocenters. The zero-order valence-electron chi connectivity index (χ0n) is 12.9. The first kappa shape index (κ1) is 15.5. The highest BCUT2D eigenvalue weighted by Gasteiger charge is 2.32. The Morgan fingerprint density at radius 3 is 2.52 bits per heavy atom. The van der Waals surface area contributed by atoms with Gasteiger partial charge < -0.3 is 4.90 Å². The minimum Gasteiger partial charge on any atom is -0.373 e. The number of carbonyl (C=O) groups is 2. The molecule has 1 aliphatic heterocycles. The Bertz CT molecular complexity index is 504. The molecule has 2 amide bonds. The number of piperidine rings is 1. The SMILES string of the molecule is CC(CN(C)c1ccccc1)N(C)C1CCC(=O)NC1=O. The molecular formula is C16H23N3O2. The molecule has 5 heteroatoms. The van der Waals surface area contributed by atoms with E-state index in [1.807, 2.05) is 32.3 Å². The fourth-order valence-electron chi connectivity index (χ4n) is 2.69. The number of hydrogen-bond acceptors (Lipinski definition) is 4. The number of rotatable bonds is 5. The average molecular weight is 289 g/mol. The van der Waals surface area contributed by atoms with Crippen molar-refractivity contribution in [1.82, 2.24) is 10.2 Å². The van der Waals surface area contributed by atoms with Crippen LogP contribution in [-0.4, -0.2) is 49.4 Å². The summed E-state index contributed by atoms with van der Waals surface area (Å²) in [6.45, 7) is 2.92. The lowest BCUT2D eigenvalue weighted by Crippen LogP contribution is -2.55. The first-order valence-corrected chi connectivity index (χ1v) is 7.31. The molecule has 2 unspecified atom stereocenters. The molecule has 0 saturated carbocycles. The highest BCUT2D eigenvalue weighted by atomic mass is 16.2. The Hall–Kier alpha value is -1.88. The van der Waals surface area contributed by atoms with Gasteiger partial charge in [-0.15, -0.1) is 0 Å². The lowest BCUT2D eigenvalue weighted by molar-refractivity contribution is -0.137. The Kier molecular flexibility index (Phi) is 4.96. The fourth-order valence-corrected chi connectivity index (χ4v) is 2.69. The normalized spacial score (nSPS) is 20.3. The lowest BCUT2D eigenvalue weighted by Gasteiger charge is -2.36. The summed E-state index contributed by atoms with van der Waals surface area (Å²) >= 11 is 0. The van der Waals surface area contributed by atoms with Crippen LogP contribution in [0.5, 0.6) is 0 Å². The molecule has 1 fully saturated rings. The highest BCUT2D eigenvalue weighted by molar-refractivity contribution is 6.00. The third-order valence-electron chi connectivity index (χ3n) is 4.13. The third kappa shape index (κ3) is 3.82. The number of imide groups is 1. The van der Waals surface area contributed by atoms with Crippen LogP contribution in [0.4, 0.5) is 5.69 Å². The van der Waals surface area contributed by atoms with Gasteiger partial charge in [0.05, 0.1) is 6.04 Å². The van der Waals surface area contributed by atoms with Crippen molar-refractivity contribution in [1.29, 1.82) is 0 Å². The zero-order valence-corrected chi connectivity index (χ0v) is 12.9. The van der Waals surface area contributed by atoms with E-state index in [9.17, 15) is 9.59 Å². The monoisotopic (exact) mass is 289 g/mol. The van der Waals surface area contributed by atoms with Gasteiger partial charge in [-0.25, -0.2) is 0 Å². The van der Waals surface area contributed by atoms with E-state index < -0.39 is 0 Å². The Balaban J connectivity index is 1.95. The number of amides is 2. The molecule has 0 aliphatic carbocycles. The summed E-state index contributed by atoms with van der Waals surface area (Å²) < 4.78 is 0. The van der Waals surface area contributed by atoms with Crippen LogP contribution in [0, 0.1) is 0 Å². The molecule has 5 nitrogen and oxygen atoms in total. The fraction of sp³-hybridized carbons (Fsp3) is 0.500. The number of benzene rings is 1. The van der Waals surface area contributed by atoms with Crippen LogP contribution in [0.1, 0.15) is 19.8 Å². The summed E-state index contributed by atoms with van der Waals surface area (Å²) in [4.78, 5) is 27.4. The maximum absolute atomic E-state index is 11.9. The molecule has 1 heterocycles. The lowest BCUT2D eigenvalue weighted by atomic mass is 10.0. The summed E-state index contributed by atoms with van der Waals surface area (Å²) in [6, 6.07) is 10.1. The Morgan fingerprint density at radius 1 is 1.24 bits per heavy atom. The second-order valence-corrected chi connectivity index (χ2v) is 5.70. The van der Waals surface area contributed by atoms with Gasteiger partial charge >= 0.3 is 0 Å². The van der Waals surface area contributed by atoms with Gasteiger partial charge in [0.25, 0.3) is 0 Å². The van der Waals surface area contributed by atoms with E-state index in [-0.39, 0.29) is 23.9 Å². The van der Waals surface area contributed by atoms with Crippen molar-refractivity contribution in [3.63, 3.8) is 0 Å². The van der Waals surface area contributed by atoms with Crippen LogP contribution >= 0.6 is 0 Å². The molecule has 0 radical (unpaired) electrons. The van der Waals surface area contributed by atoms with Gasteiger partial charge in [-0.2, -0.15) is 0 Å². The molecule has 1 saturated heterocycles. The molecule has 1 aromatic rings. The van der Waals surface area contributed by atoms with Crippen molar-refractivity contribution >= 4 is 17.5 Å². The smallest absolute Gasteiger partial charge is 0.243 e. The van der Waals surface area contributed by atoms with Gasteiger partial charge in [0.15, 0.2) is 0 Å². The molecule has 114 valence electrons. The Labute approximate surface area is 125 Å². The number of anilines is 1. The van der Waals surface area contributed by atoms with Gasteiger partial charge in [-0.3, -0.25) is 19.8 Å². The van der Waals surface area contributed by atoms with E-state index in [1.165, 1.54) is 0 Å². The molecular weight excluding hydrogens is 266 g/mol. The summed E-state index contributed by atoms with van der Waals surface area (Å²) in [5.74, 6) is -0.346. The van der Waals surface area contributed by atoms with Crippen LogP contribution in [-0.2, 0) is 9.59 Å². The molecule has 1 aliphatic rings. The summed E-state index contributed by atoms with van der Waals surface area (Å²) in [6.07, 6.45) is 1.02. The van der Waals surface area contributed by atoms with Gasteiger partial charge in [0.2, 0.25) is 11.8 Å². The molecule has 0 aromatic heterocycles. The van der Waals surface area contributed by atoms with Crippen molar-refractivity contribution in [2.75, 3.05) is 25.5 Å². The van der Waals surface area contributed by atoms with Gasteiger partial charge in [0, 0.05) is 31.7 Å². The molecule has 21 heavy (non-hydrogen) atoms. The van der Waals surface area contributed by atoms with Gasteiger partial charge in [0.1, 0.15) is 0 Å². The van der Waals surface area contributed by atoms with Crippen molar-refractivity contribution < 1.29 is 9.59 Å². The quantitative estimate of drug-likeness (QED) is 0.829. The second kappa shape index (κ2) is 6.72.